The molecule has 102 valence electrons. The summed E-state index contributed by atoms with van der Waals surface area (Å²) in [5.74, 6) is 0.148. The Morgan fingerprint density at radius 3 is 1.17 bits per heavy atom. The van der Waals surface area contributed by atoms with Crippen molar-refractivity contribution < 1.29 is 5.11 Å². The highest BCUT2D eigenvalue weighted by Crippen LogP contribution is 2.50. The van der Waals surface area contributed by atoms with Crippen LogP contribution in [0.3, 0.4) is 0 Å². The van der Waals surface area contributed by atoms with E-state index in [1.807, 2.05) is 41.5 Å². The molecule has 1 aromatic rings. The molecule has 0 saturated heterocycles. The molecular formula is C14H19Cl3O. The summed E-state index contributed by atoms with van der Waals surface area (Å²) in [6.07, 6.45) is 0. The summed E-state index contributed by atoms with van der Waals surface area (Å²) < 4.78 is 0. The smallest absolute Gasteiger partial charge is 0.126 e. The van der Waals surface area contributed by atoms with Gasteiger partial charge in [0.1, 0.15) is 5.75 Å². The number of aromatic hydroxyl groups is 1. The largest absolute Gasteiger partial charge is 0.507 e. The molecule has 1 nitrogen and oxygen atoms in total. The first-order valence-corrected chi connectivity index (χ1v) is 6.92. The number of hydrogen-bond donors (Lipinski definition) is 1. The Bertz CT molecular complexity index is 438. The molecule has 0 fully saturated rings. The van der Waals surface area contributed by atoms with E-state index in [4.69, 9.17) is 34.8 Å². The van der Waals surface area contributed by atoms with Gasteiger partial charge in [0.2, 0.25) is 0 Å². The maximum absolute atomic E-state index is 10.5. The van der Waals surface area contributed by atoms with Crippen molar-refractivity contribution in [3.63, 3.8) is 0 Å². The Kier molecular flexibility index (Phi) is 4.23. The SMILES string of the molecule is CC(C)(C)c1c(O)c(C(C)(C)C)c(Cl)c(Cl)c1Cl. The van der Waals surface area contributed by atoms with Gasteiger partial charge in [-0.15, -0.1) is 0 Å². The molecule has 1 rings (SSSR count). The number of halogens is 3. The molecule has 0 aromatic heterocycles. The molecule has 0 aliphatic rings. The van der Waals surface area contributed by atoms with E-state index in [2.05, 4.69) is 0 Å². The Labute approximate surface area is 124 Å². The second-order valence-corrected chi connectivity index (χ2v) is 7.67. The van der Waals surface area contributed by atoms with Crippen molar-refractivity contribution in [2.45, 2.75) is 52.4 Å². The molecule has 0 atom stereocenters. The lowest BCUT2D eigenvalue weighted by molar-refractivity contribution is 0.423. The topological polar surface area (TPSA) is 20.2 Å². The molecule has 0 spiro atoms. The van der Waals surface area contributed by atoms with Gasteiger partial charge in [0.05, 0.1) is 15.1 Å². The van der Waals surface area contributed by atoms with E-state index in [1.54, 1.807) is 0 Å². The highest BCUT2D eigenvalue weighted by molar-refractivity contribution is 6.49. The lowest BCUT2D eigenvalue weighted by atomic mass is 9.79. The highest BCUT2D eigenvalue weighted by atomic mass is 35.5. The second kappa shape index (κ2) is 4.77. The van der Waals surface area contributed by atoms with Gasteiger partial charge < -0.3 is 5.11 Å². The first kappa shape index (κ1) is 15.9. The van der Waals surface area contributed by atoms with Crippen molar-refractivity contribution in [2.24, 2.45) is 0 Å². The summed E-state index contributed by atoms with van der Waals surface area (Å²) in [5, 5.41) is 11.5. The monoisotopic (exact) mass is 308 g/mol. The quantitative estimate of drug-likeness (QED) is 0.587. The van der Waals surface area contributed by atoms with Crippen LogP contribution in [-0.4, -0.2) is 5.11 Å². The zero-order chi connectivity index (χ0) is 14.5. The van der Waals surface area contributed by atoms with Crippen molar-refractivity contribution in [3.8, 4) is 5.75 Å². The van der Waals surface area contributed by atoms with Gasteiger partial charge in [0.25, 0.3) is 0 Å². The number of hydrogen-bond acceptors (Lipinski definition) is 1. The molecule has 0 heterocycles. The van der Waals surface area contributed by atoms with Crippen molar-refractivity contribution >= 4 is 34.8 Å². The van der Waals surface area contributed by atoms with Gasteiger partial charge in [-0.05, 0) is 10.8 Å². The zero-order valence-corrected chi connectivity index (χ0v) is 13.8. The maximum Gasteiger partial charge on any atom is 0.126 e. The van der Waals surface area contributed by atoms with Gasteiger partial charge in [-0.2, -0.15) is 0 Å². The molecule has 0 unspecified atom stereocenters. The van der Waals surface area contributed by atoms with Crippen LogP contribution in [0.25, 0.3) is 0 Å². The Morgan fingerprint density at radius 2 is 0.944 bits per heavy atom. The third-order valence-corrected chi connectivity index (χ3v) is 4.13. The molecule has 1 N–H and O–H groups in total. The van der Waals surface area contributed by atoms with Crippen molar-refractivity contribution in [1.29, 1.82) is 0 Å². The van der Waals surface area contributed by atoms with Crippen LogP contribution in [0.1, 0.15) is 52.7 Å². The molecule has 0 bridgehead atoms. The zero-order valence-electron chi connectivity index (χ0n) is 11.6. The first-order valence-electron chi connectivity index (χ1n) is 5.79. The average molecular weight is 310 g/mol. The van der Waals surface area contributed by atoms with Crippen LogP contribution in [0.15, 0.2) is 0 Å². The van der Waals surface area contributed by atoms with E-state index in [9.17, 15) is 5.11 Å². The summed E-state index contributed by atoms with van der Waals surface area (Å²) in [4.78, 5) is 0. The van der Waals surface area contributed by atoms with Gasteiger partial charge in [-0.25, -0.2) is 0 Å². The van der Waals surface area contributed by atoms with Crippen LogP contribution in [0.5, 0.6) is 5.75 Å². The van der Waals surface area contributed by atoms with Crippen molar-refractivity contribution in [3.05, 3.63) is 26.2 Å². The summed E-state index contributed by atoms with van der Waals surface area (Å²) in [7, 11) is 0. The van der Waals surface area contributed by atoms with Crippen molar-refractivity contribution in [1.82, 2.24) is 0 Å². The van der Waals surface area contributed by atoms with E-state index in [1.165, 1.54) is 0 Å². The molecule has 0 saturated carbocycles. The third-order valence-electron chi connectivity index (χ3n) is 2.80. The molecule has 0 amide bonds. The lowest BCUT2D eigenvalue weighted by Crippen LogP contribution is -2.18. The molecule has 0 aliphatic carbocycles. The number of phenols is 1. The Balaban J connectivity index is 3.83. The Hall–Kier alpha value is -0.110. The minimum Gasteiger partial charge on any atom is -0.507 e. The molecule has 0 aliphatic heterocycles. The minimum absolute atomic E-state index is 0.148. The second-order valence-electron chi connectivity index (χ2n) is 6.54. The van der Waals surface area contributed by atoms with Crippen LogP contribution in [0.4, 0.5) is 0 Å². The molecule has 1 aromatic carbocycles. The number of phenolic OH excluding ortho intramolecular Hbond substituents is 1. The van der Waals surface area contributed by atoms with Gasteiger partial charge in [0.15, 0.2) is 0 Å². The fraction of sp³-hybridized carbons (Fsp3) is 0.571. The van der Waals surface area contributed by atoms with E-state index in [0.29, 0.717) is 26.2 Å². The Morgan fingerprint density at radius 1 is 0.667 bits per heavy atom. The summed E-state index contributed by atoms with van der Waals surface area (Å²) in [6, 6.07) is 0. The van der Waals surface area contributed by atoms with Crippen LogP contribution in [0, 0.1) is 0 Å². The van der Waals surface area contributed by atoms with E-state index >= 15 is 0 Å². The molecular weight excluding hydrogens is 291 g/mol. The summed E-state index contributed by atoms with van der Waals surface area (Å²) >= 11 is 18.7. The first-order chi connectivity index (χ1) is 7.89. The maximum atomic E-state index is 10.5. The molecule has 0 radical (unpaired) electrons. The third kappa shape index (κ3) is 2.74. The predicted molar refractivity (Wildman–Crippen MR) is 80.5 cm³/mol. The summed E-state index contributed by atoms with van der Waals surface area (Å²) in [6.45, 7) is 11.9. The average Bonchev–Trinajstić information content (AvgIpc) is 2.09. The van der Waals surface area contributed by atoms with Gasteiger partial charge in [-0.3, -0.25) is 0 Å². The fourth-order valence-electron chi connectivity index (χ4n) is 2.02. The standard InChI is InChI=1S/C14H19Cl3O/c1-13(2,3)7-9(15)11(17)10(16)8(12(7)18)14(4,5)6/h18H,1-6H3. The minimum atomic E-state index is -0.310. The van der Waals surface area contributed by atoms with E-state index in [-0.39, 0.29) is 16.6 Å². The molecule has 4 heteroatoms. The van der Waals surface area contributed by atoms with Crippen LogP contribution in [-0.2, 0) is 10.8 Å². The predicted octanol–water partition coefficient (Wildman–Crippen LogP) is 5.95. The summed E-state index contributed by atoms with van der Waals surface area (Å²) in [5.41, 5.74) is 0.664. The number of benzene rings is 1. The normalized spacial score (nSPS) is 12.9. The van der Waals surface area contributed by atoms with Crippen LogP contribution < -0.4 is 0 Å². The highest BCUT2D eigenvalue weighted by Gasteiger charge is 2.32. The van der Waals surface area contributed by atoms with E-state index in [0.717, 1.165) is 0 Å². The number of rotatable bonds is 0. The van der Waals surface area contributed by atoms with Gasteiger partial charge in [0, 0.05) is 11.1 Å². The van der Waals surface area contributed by atoms with Gasteiger partial charge >= 0.3 is 0 Å². The van der Waals surface area contributed by atoms with Crippen molar-refractivity contribution in [2.75, 3.05) is 0 Å². The van der Waals surface area contributed by atoms with Crippen LogP contribution >= 0.6 is 34.8 Å². The van der Waals surface area contributed by atoms with E-state index < -0.39 is 0 Å². The van der Waals surface area contributed by atoms with Gasteiger partial charge in [-0.1, -0.05) is 76.3 Å². The fourth-order valence-corrected chi connectivity index (χ4v) is 3.19. The van der Waals surface area contributed by atoms with Crippen LogP contribution in [0.2, 0.25) is 15.1 Å². The lowest BCUT2D eigenvalue weighted by Gasteiger charge is -2.29. The molecule has 18 heavy (non-hydrogen) atoms.